The Morgan fingerprint density at radius 2 is 2.00 bits per heavy atom. The summed E-state index contributed by atoms with van der Waals surface area (Å²) in [6.45, 7) is 1.73. The number of benzene rings is 1. The number of aromatic nitrogens is 1. The van der Waals surface area contributed by atoms with Crippen LogP contribution in [0.5, 0.6) is 0 Å². The summed E-state index contributed by atoms with van der Waals surface area (Å²) in [6, 6.07) is 7.33. The van der Waals surface area contributed by atoms with Gasteiger partial charge in [-0.2, -0.15) is 0 Å². The predicted octanol–water partition coefficient (Wildman–Crippen LogP) is 4.91. The van der Waals surface area contributed by atoms with Gasteiger partial charge in [0.1, 0.15) is 11.0 Å². The van der Waals surface area contributed by atoms with Gasteiger partial charge < -0.3 is 0 Å². The fraction of sp³-hybridized carbons (Fsp3) is 0.154. The third kappa shape index (κ3) is 2.84. The molecule has 0 bridgehead atoms. The highest BCUT2D eigenvalue weighted by Gasteiger charge is 2.15. The third-order valence-electron chi connectivity index (χ3n) is 2.74. The molecule has 1 heterocycles. The van der Waals surface area contributed by atoms with E-state index in [2.05, 4.69) is 15.0 Å². The molecular formula is C13H10ClFN4. The van der Waals surface area contributed by atoms with Crippen LogP contribution in [0.15, 0.2) is 41.6 Å². The summed E-state index contributed by atoms with van der Waals surface area (Å²) in [7, 11) is 0. The van der Waals surface area contributed by atoms with Gasteiger partial charge in [0.05, 0.1) is 6.04 Å². The van der Waals surface area contributed by atoms with Gasteiger partial charge in [-0.05, 0) is 34.9 Å². The van der Waals surface area contributed by atoms with Crippen molar-refractivity contribution in [3.05, 3.63) is 63.5 Å². The normalized spacial score (nSPS) is 11.7. The minimum Gasteiger partial charge on any atom is -0.244 e. The molecule has 0 spiro atoms. The van der Waals surface area contributed by atoms with Crippen LogP contribution >= 0.6 is 11.6 Å². The minimum atomic E-state index is -0.453. The molecule has 1 unspecified atom stereocenters. The van der Waals surface area contributed by atoms with Crippen molar-refractivity contribution in [2.45, 2.75) is 13.0 Å². The van der Waals surface area contributed by atoms with Crippen LogP contribution in [-0.4, -0.2) is 4.98 Å². The number of halogens is 2. The van der Waals surface area contributed by atoms with E-state index in [9.17, 15) is 4.39 Å². The van der Waals surface area contributed by atoms with Gasteiger partial charge >= 0.3 is 0 Å². The molecule has 96 valence electrons. The summed E-state index contributed by atoms with van der Waals surface area (Å²) in [5.41, 5.74) is 10.7. The molecule has 2 aromatic rings. The van der Waals surface area contributed by atoms with Gasteiger partial charge in [-0.25, -0.2) is 9.37 Å². The van der Waals surface area contributed by atoms with E-state index in [0.29, 0.717) is 5.56 Å². The van der Waals surface area contributed by atoms with E-state index in [1.807, 2.05) is 0 Å². The Morgan fingerprint density at radius 1 is 1.32 bits per heavy atom. The van der Waals surface area contributed by atoms with Crippen LogP contribution in [0, 0.1) is 5.82 Å². The first-order valence-corrected chi connectivity index (χ1v) is 5.96. The molecule has 1 atom stereocenters. The fourth-order valence-electron chi connectivity index (χ4n) is 1.86. The van der Waals surface area contributed by atoms with E-state index >= 15 is 0 Å². The molecule has 0 aliphatic rings. The van der Waals surface area contributed by atoms with Crippen molar-refractivity contribution in [3.8, 4) is 11.1 Å². The highest BCUT2D eigenvalue weighted by Crippen LogP contribution is 2.34. The van der Waals surface area contributed by atoms with Gasteiger partial charge in [0.15, 0.2) is 0 Å². The Balaban J connectivity index is 2.60. The number of hydrogen-bond donors (Lipinski definition) is 0. The Morgan fingerprint density at radius 3 is 2.63 bits per heavy atom. The zero-order chi connectivity index (χ0) is 13.8. The summed E-state index contributed by atoms with van der Waals surface area (Å²) in [6.07, 6.45) is 1.56. The number of hydrogen-bond acceptors (Lipinski definition) is 2. The molecule has 2 rings (SSSR count). The van der Waals surface area contributed by atoms with E-state index in [1.54, 1.807) is 31.3 Å². The molecule has 6 heteroatoms. The quantitative estimate of drug-likeness (QED) is 0.340. The summed E-state index contributed by atoms with van der Waals surface area (Å²) in [5.74, 6) is -0.312. The van der Waals surface area contributed by atoms with Crippen LogP contribution in [0.2, 0.25) is 5.15 Å². The summed E-state index contributed by atoms with van der Waals surface area (Å²) >= 11 is 6.07. The highest BCUT2D eigenvalue weighted by molar-refractivity contribution is 6.30. The zero-order valence-corrected chi connectivity index (χ0v) is 10.8. The van der Waals surface area contributed by atoms with Crippen molar-refractivity contribution < 1.29 is 4.39 Å². The standard InChI is InChI=1S/C13H10ClFN4/c1-8(18-19-16)12-11(6-7-17-13(12)14)9-2-4-10(15)5-3-9/h2-8H,1H3. The van der Waals surface area contributed by atoms with E-state index in [0.717, 1.165) is 11.1 Å². The lowest BCUT2D eigenvalue weighted by atomic mass is 9.98. The minimum absolute atomic E-state index is 0.279. The first kappa shape index (κ1) is 13.3. The predicted molar refractivity (Wildman–Crippen MR) is 72.2 cm³/mol. The largest absolute Gasteiger partial charge is 0.244 e. The van der Waals surface area contributed by atoms with Crippen LogP contribution < -0.4 is 0 Å². The number of pyridine rings is 1. The van der Waals surface area contributed by atoms with Crippen molar-refractivity contribution in [2.75, 3.05) is 0 Å². The van der Waals surface area contributed by atoms with Gasteiger partial charge in [-0.3, -0.25) is 0 Å². The lowest BCUT2D eigenvalue weighted by molar-refractivity contribution is 0.628. The van der Waals surface area contributed by atoms with Crippen molar-refractivity contribution >= 4 is 11.6 Å². The zero-order valence-electron chi connectivity index (χ0n) is 10.1. The molecule has 0 saturated carbocycles. The average molecular weight is 277 g/mol. The Kier molecular flexibility index (Phi) is 4.00. The smallest absolute Gasteiger partial charge is 0.133 e. The number of rotatable bonds is 3. The first-order chi connectivity index (χ1) is 9.13. The van der Waals surface area contributed by atoms with Gasteiger partial charge in [0, 0.05) is 16.7 Å². The summed E-state index contributed by atoms with van der Waals surface area (Å²) < 4.78 is 13.0. The lowest BCUT2D eigenvalue weighted by Crippen LogP contribution is -1.96. The van der Waals surface area contributed by atoms with Crippen molar-refractivity contribution in [2.24, 2.45) is 5.11 Å². The molecule has 0 aliphatic heterocycles. The summed E-state index contributed by atoms with van der Waals surface area (Å²) in [4.78, 5) is 6.77. The Bertz CT molecular complexity index is 636. The maximum atomic E-state index is 13.0. The molecule has 1 aromatic carbocycles. The number of azide groups is 1. The summed E-state index contributed by atoms with van der Waals surface area (Å²) in [5, 5.41) is 3.92. The molecule has 0 amide bonds. The van der Waals surface area contributed by atoms with Crippen molar-refractivity contribution in [1.82, 2.24) is 4.98 Å². The van der Waals surface area contributed by atoms with E-state index < -0.39 is 6.04 Å². The molecule has 1 aromatic heterocycles. The number of nitrogens with zero attached hydrogens (tertiary/aromatic N) is 4. The second-order valence-electron chi connectivity index (χ2n) is 3.95. The highest BCUT2D eigenvalue weighted by atomic mass is 35.5. The van der Waals surface area contributed by atoms with Crippen LogP contribution in [0.4, 0.5) is 4.39 Å². The SMILES string of the molecule is CC(N=[N+]=[N-])c1c(-c2ccc(F)cc2)ccnc1Cl. The van der Waals surface area contributed by atoms with Gasteiger partial charge in [-0.15, -0.1) is 0 Å². The molecule has 0 fully saturated rings. The van der Waals surface area contributed by atoms with Gasteiger partial charge in [0.2, 0.25) is 0 Å². The molecule has 0 saturated heterocycles. The molecule has 4 nitrogen and oxygen atoms in total. The van der Waals surface area contributed by atoms with Crippen LogP contribution in [0.1, 0.15) is 18.5 Å². The monoisotopic (exact) mass is 276 g/mol. The van der Waals surface area contributed by atoms with Gasteiger partial charge in [-0.1, -0.05) is 35.8 Å². The average Bonchev–Trinajstić information content (AvgIpc) is 2.39. The molecule has 0 radical (unpaired) electrons. The van der Waals surface area contributed by atoms with Gasteiger partial charge in [0.25, 0.3) is 0 Å². The topological polar surface area (TPSA) is 61.7 Å². The lowest BCUT2D eigenvalue weighted by Gasteiger charge is -2.13. The molecule has 0 aliphatic carbocycles. The third-order valence-corrected chi connectivity index (χ3v) is 3.04. The second-order valence-corrected chi connectivity index (χ2v) is 4.31. The molecular weight excluding hydrogens is 267 g/mol. The molecule has 19 heavy (non-hydrogen) atoms. The van der Waals surface area contributed by atoms with Crippen LogP contribution in [0.3, 0.4) is 0 Å². The maximum absolute atomic E-state index is 13.0. The Labute approximate surface area is 114 Å². The fourth-order valence-corrected chi connectivity index (χ4v) is 2.18. The second kappa shape index (κ2) is 5.69. The van der Waals surface area contributed by atoms with E-state index in [-0.39, 0.29) is 11.0 Å². The van der Waals surface area contributed by atoms with Crippen molar-refractivity contribution in [3.63, 3.8) is 0 Å². The van der Waals surface area contributed by atoms with Crippen LogP contribution in [-0.2, 0) is 0 Å². The van der Waals surface area contributed by atoms with Crippen molar-refractivity contribution in [1.29, 1.82) is 0 Å². The van der Waals surface area contributed by atoms with E-state index in [4.69, 9.17) is 17.1 Å². The van der Waals surface area contributed by atoms with Crippen LogP contribution in [0.25, 0.3) is 21.6 Å². The first-order valence-electron chi connectivity index (χ1n) is 5.58. The Hall–Kier alpha value is -2.10. The maximum Gasteiger partial charge on any atom is 0.133 e. The molecule has 0 N–H and O–H groups in total. The van der Waals surface area contributed by atoms with E-state index in [1.165, 1.54) is 12.1 Å².